The van der Waals surface area contributed by atoms with Crippen molar-refractivity contribution in [3.63, 3.8) is 0 Å². The Balaban J connectivity index is 1.93. The third-order valence-electron chi connectivity index (χ3n) is 3.05. The summed E-state index contributed by atoms with van der Waals surface area (Å²) >= 11 is 0. The minimum atomic E-state index is -3.38. The Hall–Kier alpha value is -2.38. The molecule has 0 aliphatic heterocycles. The van der Waals surface area contributed by atoms with E-state index in [0.717, 1.165) is 16.3 Å². The third-order valence-corrected chi connectivity index (χ3v) is 4.31. The minimum absolute atomic E-state index is 0.235. The molecule has 0 spiro atoms. The van der Waals surface area contributed by atoms with Crippen molar-refractivity contribution in [3.05, 3.63) is 54.6 Å². The van der Waals surface area contributed by atoms with Crippen molar-refractivity contribution >= 4 is 21.6 Å². The SMILES string of the molecule is CN(CC(=O)Nc1ccc(Oc2ccccc2)cc1)S(C)(=O)=O. The van der Waals surface area contributed by atoms with Gasteiger partial charge in [0.05, 0.1) is 12.8 Å². The average Bonchev–Trinajstić information content (AvgIpc) is 2.49. The van der Waals surface area contributed by atoms with E-state index in [1.165, 1.54) is 7.05 Å². The van der Waals surface area contributed by atoms with Crippen LogP contribution in [-0.4, -0.2) is 38.5 Å². The van der Waals surface area contributed by atoms with Gasteiger partial charge in [-0.05, 0) is 36.4 Å². The first kappa shape index (κ1) is 17.0. The lowest BCUT2D eigenvalue weighted by molar-refractivity contribution is -0.116. The van der Waals surface area contributed by atoms with E-state index < -0.39 is 15.9 Å². The Labute approximate surface area is 135 Å². The third kappa shape index (κ3) is 5.39. The summed E-state index contributed by atoms with van der Waals surface area (Å²) in [5.41, 5.74) is 0.567. The fourth-order valence-electron chi connectivity index (χ4n) is 1.75. The number of amides is 1. The molecule has 0 bridgehead atoms. The van der Waals surface area contributed by atoms with E-state index in [1.54, 1.807) is 24.3 Å². The maximum absolute atomic E-state index is 11.8. The number of sulfonamides is 1. The zero-order valence-corrected chi connectivity index (χ0v) is 13.7. The molecule has 0 saturated heterocycles. The zero-order valence-electron chi connectivity index (χ0n) is 12.9. The molecule has 0 heterocycles. The van der Waals surface area contributed by atoms with Crippen molar-refractivity contribution in [2.75, 3.05) is 25.2 Å². The standard InChI is InChI=1S/C16H18N2O4S/c1-18(23(2,20)21)12-16(19)17-13-8-10-15(11-9-13)22-14-6-4-3-5-7-14/h3-11H,12H2,1-2H3,(H,17,19). The molecule has 0 radical (unpaired) electrons. The van der Waals surface area contributed by atoms with Gasteiger partial charge in [0.1, 0.15) is 11.5 Å². The Morgan fingerprint density at radius 2 is 1.61 bits per heavy atom. The van der Waals surface area contributed by atoms with Crippen molar-refractivity contribution in [3.8, 4) is 11.5 Å². The topological polar surface area (TPSA) is 75.7 Å². The van der Waals surface area contributed by atoms with Gasteiger partial charge in [-0.3, -0.25) is 4.79 Å². The molecule has 6 nitrogen and oxygen atoms in total. The molecule has 0 atom stereocenters. The number of anilines is 1. The van der Waals surface area contributed by atoms with Crippen LogP contribution in [0.4, 0.5) is 5.69 Å². The molecule has 1 amide bonds. The van der Waals surface area contributed by atoms with Crippen molar-refractivity contribution in [2.45, 2.75) is 0 Å². The zero-order chi connectivity index (χ0) is 16.9. The molecule has 2 aromatic carbocycles. The van der Waals surface area contributed by atoms with E-state index in [0.29, 0.717) is 11.4 Å². The number of ether oxygens (including phenoxy) is 1. The predicted octanol–water partition coefficient (Wildman–Crippen LogP) is 2.31. The Bertz CT molecular complexity index is 758. The number of carbonyl (C=O) groups excluding carboxylic acids is 1. The highest BCUT2D eigenvalue weighted by Crippen LogP contribution is 2.22. The fraction of sp³-hybridized carbons (Fsp3) is 0.188. The fourth-order valence-corrected chi connectivity index (χ4v) is 2.10. The molecule has 7 heteroatoms. The van der Waals surface area contributed by atoms with Crippen LogP contribution < -0.4 is 10.1 Å². The van der Waals surface area contributed by atoms with Gasteiger partial charge in [-0.2, -0.15) is 4.31 Å². The summed E-state index contributed by atoms with van der Waals surface area (Å²) in [6.07, 6.45) is 1.05. The summed E-state index contributed by atoms with van der Waals surface area (Å²) in [6.45, 7) is -0.235. The van der Waals surface area contributed by atoms with Crippen molar-refractivity contribution < 1.29 is 17.9 Å². The lowest BCUT2D eigenvalue weighted by Gasteiger charge is -2.14. The second kappa shape index (κ2) is 7.26. The van der Waals surface area contributed by atoms with Crippen LogP contribution in [-0.2, 0) is 14.8 Å². The van der Waals surface area contributed by atoms with Crippen LogP contribution in [0.15, 0.2) is 54.6 Å². The average molecular weight is 334 g/mol. The van der Waals surface area contributed by atoms with Crippen molar-refractivity contribution in [2.24, 2.45) is 0 Å². The molecule has 0 aromatic heterocycles. The highest BCUT2D eigenvalue weighted by molar-refractivity contribution is 7.88. The molecular weight excluding hydrogens is 316 g/mol. The van der Waals surface area contributed by atoms with Crippen molar-refractivity contribution in [1.29, 1.82) is 0 Å². The highest BCUT2D eigenvalue weighted by Gasteiger charge is 2.15. The molecule has 2 rings (SSSR count). The number of hydrogen-bond donors (Lipinski definition) is 1. The van der Waals surface area contributed by atoms with Crippen LogP contribution in [0, 0.1) is 0 Å². The molecule has 0 saturated carbocycles. The van der Waals surface area contributed by atoms with E-state index in [9.17, 15) is 13.2 Å². The lowest BCUT2D eigenvalue weighted by Crippen LogP contribution is -2.34. The van der Waals surface area contributed by atoms with Crippen LogP contribution in [0.1, 0.15) is 0 Å². The lowest BCUT2D eigenvalue weighted by atomic mass is 10.3. The van der Waals surface area contributed by atoms with Crippen LogP contribution in [0.3, 0.4) is 0 Å². The first-order chi connectivity index (χ1) is 10.8. The molecule has 0 aliphatic carbocycles. The maximum Gasteiger partial charge on any atom is 0.239 e. The number of nitrogens with zero attached hydrogens (tertiary/aromatic N) is 1. The number of carbonyl (C=O) groups is 1. The highest BCUT2D eigenvalue weighted by atomic mass is 32.2. The Morgan fingerprint density at radius 1 is 1.04 bits per heavy atom. The number of para-hydroxylation sites is 1. The largest absolute Gasteiger partial charge is 0.457 e. The van der Waals surface area contributed by atoms with Gasteiger partial charge in [-0.1, -0.05) is 18.2 Å². The number of benzene rings is 2. The smallest absolute Gasteiger partial charge is 0.239 e. The van der Waals surface area contributed by atoms with E-state index in [1.807, 2.05) is 30.3 Å². The maximum atomic E-state index is 11.8. The van der Waals surface area contributed by atoms with Gasteiger partial charge in [0.2, 0.25) is 15.9 Å². The molecule has 23 heavy (non-hydrogen) atoms. The van der Waals surface area contributed by atoms with Gasteiger partial charge in [-0.25, -0.2) is 8.42 Å². The Kier molecular flexibility index (Phi) is 5.36. The van der Waals surface area contributed by atoms with Gasteiger partial charge in [0.15, 0.2) is 0 Å². The summed E-state index contributed by atoms with van der Waals surface area (Å²) in [4.78, 5) is 11.8. The number of nitrogens with one attached hydrogen (secondary N) is 1. The molecule has 122 valence electrons. The molecule has 1 N–H and O–H groups in total. The van der Waals surface area contributed by atoms with E-state index in [-0.39, 0.29) is 6.54 Å². The van der Waals surface area contributed by atoms with Gasteiger partial charge in [0.25, 0.3) is 0 Å². The van der Waals surface area contributed by atoms with E-state index >= 15 is 0 Å². The first-order valence-electron chi connectivity index (χ1n) is 6.89. The molecular formula is C16H18N2O4S. The summed E-state index contributed by atoms with van der Waals surface area (Å²) in [5.74, 6) is 0.955. The molecule has 2 aromatic rings. The van der Waals surface area contributed by atoms with Gasteiger partial charge < -0.3 is 10.1 Å². The van der Waals surface area contributed by atoms with Gasteiger partial charge in [0, 0.05) is 12.7 Å². The quantitative estimate of drug-likeness (QED) is 0.879. The molecule has 0 fully saturated rings. The molecule has 0 aliphatic rings. The number of rotatable bonds is 6. The number of likely N-dealkylation sites (N-methyl/N-ethyl adjacent to an activating group) is 1. The number of hydrogen-bond acceptors (Lipinski definition) is 4. The van der Waals surface area contributed by atoms with Crippen LogP contribution in [0.5, 0.6) is 11.5 Å². The summed E-state index contributed by atoms with van der Waals surface area (Å²) in [7, 11) is -2.03. The van der Waals surface area contributed by atoms with Crippen LogP contribution >= 0.6 is 0 Å². The normalized spacial score (nSPS) is 11.3. The monoisotopic (exact) mass is 334 g/mol. The first-order valence-corrected chi connectivity index (χ1v) is 8.73. The van der Waals surface area contributed by atoms with Crippen LogP contribution in [0.25, 0.3) is 0 Å². The van der Waals surface area contributed by atoms with Crippen molar-refractivity contribution in [1.82, 2.24) is 4.31 Å². The van der Waals surface area contributed by atoms with E-state index in [2.05, 4.69) is 5.32 Å². The summed E-state index contributed by atoms with van der Waals surface area (Å²) < 4.78 is 29.2. The Morgan fingerprint density at radius 3 is 2.17 bits per heavy atom. The minimum Gasteiger partial charge on any atom is -0.457 e. The summed E-state index contributed by atoms with van der Waals surface area (Å²) in [5, 5.41) is 2.64. The van der Waals surface area contributed by atoms with E-state index in [4.69, 9.17) is 4.74 Å². The predicted molar refractivity (Wildman–Crippen MR) is 89.1 cm³/mol. The van der Waals surface area contributed by atoms with Crippen LogP contribution in [0.2, 0.25) is 0 Å². The van der Waals surface area contributed by atoms with Gasteiger partial charge >= 0.3 is 0 Å². The second-order valence-corrected chi connectivity index (χ2v) is 7.10. The second-order valence-electron chi connectivity index (χ2n) is 5.01. The van der Waals surface area contributed by atoms with Gasteiger partial charge in [-0.15, -0.1) is 0 Å². The summed E-state index contributed by atoms with van der Waals surface area (Å²) in [6, 6.07) is 16.2. The molecule has 0 unspecified atom stereocenters.